The maximum Gasteiger partial charge on any atom is 0.302 e. The summed E-state index contributed by atoms with van der Waals surface area (Å²) >= 11 is 0. The molecule has 0 saturated carbocycles. The fourth-order valence-electron chi connectivity index (χ4n) is 3.59. The summed E-state index contributed by atoms with van der Waals surface area (Å²) in [5, 5.41) is 29.0. The third-order valence-corrected chi connectivity index (χ3v) is 4.13. The van der Waals surface area contributed by atoms with Crippen molar-refractivity contribution in [3.8, 4) is 0 Å². The minimum absolute atomic E-state index is 0.0483. The molecule has 0 radical (unpaired) electrons. The number of hydrogen-bond acceptors (Lipinski definition) is 7. The SMILES string of the molecule is CC(=O)O[C@H]1C[C@@H](CCO)O[C@@]2(C1)C[C@@](C)(O)C[C@H](CO)O2. The molecule has 2 aliphatic rings. The number of hydrogen-bond donors (Lipinski definition) is 3. The average Bonchev–Trinajstić information content (AvgIpc) is 2.35. The van der Waals surface area contributed by atoms with Crippen molar-refractivity contribution in [2.24, 2.45) is 0 Å². The van der Waals surface area contributed by atoms with Gasteiger partial charge in [-0.2, -0.15) is 0 Å². The maximum atomic E-state index is 11.3. The molecule has 128 valence electrons. The second kappa shape index (κ2) is 6.80. The maximum absolute atomic E-state index is 11.3. The molecule has 0 aliphatic carbocycles. The van der Waals surface area contributed by atoms with Crippen molar-refractivity contribution in [3.63, 3.8) is 0 Å². The average molecular weight is 318 g/mol. The van der Waals surface area contributed by atoms with E-state index in [1.165, 1.54) is 6.92 Å². The van der Waals surface area contributed by atoms with E-state index in [0.29, 0.717) is 25.7 Å². The molecule has 2 saturated heterocycles. The number of aliphatic hydroxyl groups excluding tert-OH is 2. The Kier molecular flexibility index (Phi) is 5.45. The van der Waals surface area contributed by atoms with E-state index in [9.17, 15) is 15.0 Å². The lowest BCUT2D eigenvalue weighted by Gasteiger charge is -2.51. The molecule has 7 heteroatoms. The van der Waals surface area contributed by atoms with Crippen molar-refractivity contribution in [1.29, 1.82) is 0 Å². The minimum Gasteiger partial charge on any atom is -0.462 e. The Morgan fingerprint density at radius 3 is 2.55 bits per heavy atom. The van der Waals surface area contributed by atoms with Gasteiger partial charge in [0.2, 0.25) is 0 Å². The molecule has 2 heterocycles. The molecule has 0 unspecified atom stereocenters. The smallest absolute Gasteiger partial charge is 0.302 e. The largest absolute Gasteiger partial charge is 0.462 e. The lowest BCUT2D eigenvalue weighted by Crippen LogP contribution is -2.58. The Hall–Kier alpha value is -0.730. The first-order valence-electron chi connectivity index (χ1n) is 7.74. The lowest BCUT2D eigenvalue weighted by molar-refractivity contribution is -0.353. The van der Waals surface area contributed by atoms with Gasteiger partial charge in [0.1, 0.15) is 6.10 Å². The molecule has 1 spiro atoms. The van der Waals surface area contributed by atoms with Gasteiger partial charge in [-0.1, -0.05) is 0 Å². The molecule has 0 aromatic rings. The Labute approximate surface area is 130 Å². The Balaban J connectivity index is 2.19. The first-order chi connectivity index (χ1) is 10.3. The number of esters is 1. The van der Waals surface area contributed by atoms with Crippen molar-refractivity contribution in [3.05, 3.63) is 0 Å². The van der Waals surface area contributed by atoms with Gasteiger partial charge in [0.05, 0.1) is 24.4 Å². The third kappa shape index (κ3) is 4.39. The van der Waals surface area contributed by atoms with Crippen LogP contribution in [0.25, 0.3) is 0 Å². The van der Waals surface area contributed by atoms with Crippen LogP contribution in [0.2, 0.25) is 0 Å². The van der Waals surface area contributed by atoms with Gasteiger partial charge in [0.15, 0.2) is 5.79 Å². The summed E-state index contributed by atoms with van der Waals surface area (Å²) in [4.78, 5) is 11.3. The minimum atomic E-state index is -1.10. The van der Waals surface area contributed by atoms with E-state index >= 15 is 0 Å². The monoisotopic (exact) mass is 318 g/mol. The second-order valence-corrected chi connectivity index (χ2v) is 6.63. The fraction of sp³-hybridized carbons (Fsp3) is 0.933. The summed E-state index contributed by atoms with van der Waals surface area (Å²) < 4.78 is 17.2. The summed E-state index contributed by atoms with van der Waals surface area (Å²) in [5.41, 5.74) is -1.03. The van der Waals surface area contributed by atoms with Crippen LogP contribution in [0.4, 0.5) is 0 Å². The van der Waals surface area contributed by atoms with E-state index in [-0.39, 0.29) is 31.7 Å². The van der Waals surface area contributed by atoms with Crippen LogP contribution in [0.1, 0.15) is 46.0 Å². The summed E-state index contributed by atoms with van der Waals surface area (Å²) in [6.07, 6.45) is 0.489. The van der Waals surface area contributed by atoms with Gasteiger partial charge >= 0.3 is 5.97 Å². The quantitative estimate of drug-likeness (QED) is 0.631. The highest BCUT2D eigenvalue weighted by Gasteiger charge is 2.52. The van der Waals surface area contributed by atoms with Crippen LogP contribution >= 0.6 is 0 Å². The highest BCUT2D eigenvalue weighted by molar-refractivity contribution is 5.66. The first kappa shape index (κ1) is 17.6. The third-order valence-electron chi connectivity index (χ3n) is 4.13. The topological polar surface area (TPSA) is 105 Å². The zero-order valence-electron chi connectivity index (χ0n) is 13.2. The number of carbonyl (C=O) groups is 1. The van der Waals surface area contributed by atoms with Gasteiger partial charge in [-0.25, -0.2) is 0 Å². The normalized spacial score (nSPS) is 42.3. The van der Waals surface area contributed by atoms with E-state index in [2.05, 4.69) is 0 Å². The van der Waals surface area contributed by atoms with Crippen LogP contribution < -0.4 is 0 Å². The van der Waals surface area contributed by atoms with Gasteiger partial charge in [0, 0.05) is 39.2 Å². The predicted molar refractivity (Wildman–Crippen MR) is 75.9 cm³/mol. The highest BCUT2D eigenvalue weighted by Crippen LogP contribution is 2.44. The molecular weight excluding hydrogens is 292 g/mol. The first-order valence-corrected chi connectivity index (χ1v) is 7.74. The fourth-order valence-corrected chi connectivity index (χ4v) is 3.59. The van der Waals surface area contributed by atoms with Gasteiger partial charge in [0.25, 0.3) is 0 Å². The molecule has 2 rings (SSSR count). The number of ether oxygens (including phenoxy) is 3. The van der Waals surface area contributed by atoms with Crippen molar-refractivity contribution in [1.82, 2.24) is 0 Å². The lowest BCUT2D eigenvalue weighted by atomic mass is 9.82. The van der Waals surface area contributed by atoms with Crippen LogP contribution in [0, 0.1) is 0 Å². The molecule has 0 aromatic carbocycles. The standard InChI is InChI=1S/C15H26O7/c1-10(18)20-12-5-11(3-4-16)21-15(7-12)9-14(2,19)6-13(8-17)22-15/h11-13,16-17,19H,3-9H2,1-2H3/t11-,12+,13-,14+,15-/m1/s1. The summed E-state index contributed by atoms with van der Waals surface area (Å²) in [7, 11) is 0. The highest BCUT2D eigenvalue weighted by atomic mass is 16.7. The molecule has 5 atom stereocenters. The predicted octanol–water partition coefficient (Wildman–Crippen LogP) is 0.0981. The summed E-state index contributed by atoms with van der Waals surface area (Å²) in [5.74, 6) is -1.49. The van der Waals surface area contributed by atoms with Crippen molar-refractivity contribution >= 4 is 5.97 Å². The molecule has 0 amide bonds. The summed E-state index contributed by atoms with van der Waals surface area (Å²) in [6.45, 7) is 2.76. The van der Waals surface area contributed by atoms with Gasteiger partial charge in [-0.3, -0.25) is 4.79 Å². The van der Waals surface area contributed by atoms with Gasteiger partial charge in [-0.15, -0.1) is 0 Å². The summed E-state index contributed by atoms with van der Waals surface area (Å²) in [6, 6.07) is 0. The van der Waals surface area contributed by atoms with Crippen LogP contribution in [0.5, 0.6) is 0 Å². The number of aliphatic hydroxyl groups is 3. The molecule has 22 heavy (non-hydrogen) atoms. The molecule has 0 bridgehead atoms. The molecule has 2 aliphatic heterocycles. The van der Waals surface area contributed by atoms with Crippen LogP contribution in [0.3, 0.4) is 0 Å². The Morgan fingerprint density at radius 2 is 1.95 bits per heavy atom. The van der Waals surface area contributed by atoms with Crippen molar-refractivity contribution < 1.29 is 34.3 Å². The van der Waals surface area contributed by atoms with Gasteiger partial charge < -0.3 is 29.5 Å². The van der Waals surface area contributed by atoms with Crippen LogP contribution in [0.15, 0.2) is 0 Å². The van der Waals surface area contributed by atoms with Crippen LogP contribution in [-0.2, 0) is 19.0 Å². The van der Waals surface area contributed by atoms with Crippen LogP contribution in [-0.4, -0.2) is 64.2 Å². The molecule has 0 aromatic heterocycles. The molecule has 7 nitrogen and oxygen atoms in total. The Morgan fingerprint density at radius 1 is 1.27 bits per heavy atom. The van der Waals surface area contributed by atoms with Crippen molar-refractivity contribution in [2.75, 3.05) is 13.2 Å². The van der Waals surface area contributed by atoms with E-state index in [1.54, 1.807) is 6.92 Å². The van der Waals surface area contributed by atoms with Gasteiger partial charge in [-0.05, 0) is 13.3 Å². The van der Waals surface area contributed by atoms with E-state index in [0.717, 1.165) is 0 Å². The number of rotatable bonds is 4. The number of carbonyl (C=O) groups excluding carboxylic acids is 1. The zero-order chi connectivity index (χ0) is 16.4. The van der Waals surface area contributed by atoms with E-state index < -0.39 is 23.6 Å². The Bertz CT molecular complexity index is 397. The molecule has 3 N–H and O–H groups in total. The van der Waals surface area contributed by atoms with E-state index in [4.69, 9.17) is 19.3 Å². The zero-order valence-corrected chi connectivity index (χ0v) is 13.2. The second-order valence-electron chi connectivity index (χ2n) is 6.63. The molecule has 2 fully saturated rings. The van der Waals surface area contributed by atoms with E-state index in [1.807, 2.05) is 0 Å². The molecular formula is C15H26O7. The van der Waals surface area contributed by atoms with Crippen molar-refractivity contribution in [2.45, 2.75) is 75.7 Å².